The third kappa shape index (κ3) is 2.00. The molecule has 4 nitrogen and oxygen atoms in total. The lowest BCUT2D eigenvalue weighted by Gasteiger charge is -2.39. The molecule has 2 aliphatic rings. The van der Waals surface area contributed by atoms with Gasteiger partial charge in [0.25, 0.3) is 5.91 Å². The summed E-state index contributed by atoms with van der Waals surface area (Å²) in [7, 11) is 0. The van der Waals surface area contributed by atoms with Crippen molar-refractivity contribution in [1.29, 1.82) is 0 Å². The molecule has 0 N–H and O–H groups in total. The number of carbonyl (C=O) groups excluding carboxylic acids is 1. The van der Waals surface area contributed by atoms with Gasteiger partial charge in [0.05, 0.1) is 13.2 Å². The molecule has 0 radical (unpaired) electrons. The second-order valence-electron chi connectivity index (χ2n) is 3.58. The predicted octanol–water partition coefficient (Wildman–Crippen LogP) is 0.246. The molecule has 74 valence electrons. The highest BCUT2D eigenvalue weighted by atomic mass is 16.5. The first kappa shape index (κ1) is 8.97. The van der Waals surface area contributed by atoms with E-state index >= 15 is 0 Å². The molecule has 2 rings (SSSR count). The quantitative estimate of drug-likeness (QED) is 0.585. The fourth-order valence-corrected chi connectivity index (χ4v) is 1.93. The molecule has 0 aliphatic carbocycles. The molecule has 0 unspecified atom stereocenters. The fourth-order valence-electron chi connectivity index (χ4n) is 1.93. The Morgan fingerprint density at radius 1 is 1.08 bits per heavy atom. The first-order valence-electron chi connectivity index (χ1n) is 5.01. The third-order valence-electron chi connectivity index (χ3n) is 2.63. The van der Waals surface area contributed by atoms with E-state index in [0.717, 1.165) is 19.6 Å². The van der Waals surface area contributed by atoms with Crippen molar-refractivity contribution in [2.75, 3.05) is 32.8 Å². The SMILES string of the molecule is O=C1COCCN1N1CCCCC1. The minimum atomic E-state index is 0.119. The number of hydrogen-bond acceptors (Lipinski definition) is 3. The minimum absolute atomic E-state index is 0.119. The highest BCUT2D eigenvalue weighted by Gasteiger charge is 2.25. The molecule has 1 amide bonds. The Hall–Kier alpha value is -0.610. The Kier molecular flexibility index (Phi) is 2.80. The molecule has 2 fully saturated rings. The lowest BCUT2D eigenvalue weighted by Crippen LogP contribution is -2.53. The van der Waals surface area contributed by atoms with Gasteiger partial charge in [-0.3, -0.25) is 9.80 Å². The highest BCUT2D eigenvalue weighted by Crippen LogP contribution is 2.13. The Bertz CT molecular complexity index is 190. The van der Waals surface area contributed by atoms with Gasteiger partial charge in [-0.05, 0) is 12.8 Å². The summed E-state index contributed by atoms with van der Waals surface area (Å²) < 4.78 is 5.08. The van der Waals surface area contributed by atoms with Crippen LogP contribution >= 0.6 is 0 Å². The topological polar surface area (TPSA) is 32.8 Å². The average Bonchev–Trinajstić information content (AvgIpc) is 2.20. The van der Waals surface area contributed by atoms with Crippen molar-refractivity contribution in [3.8, 4) is 0 Å². The first-order chi connectivity index (χ1) is 6.38. The first-order valence-corrected chi connectivity index (χ1v) is 5.01. The zero-order valence-corrected chi connectivity index (χ0v) is 7.87. The maximum absolute atomic E-state index is 11.5. The molecule has 0 bridgehead atoms. The number of morpholine rings is 1. The van der Waals surface area contributed by atoms with Crippen LogP contribution < -0.4 is 0 Å². The van der Waals surface area contributed by atoms with Gasteiger partial charge in [0.1, 0.15) is 6.61 Å². The van der Waals surface area contributed by atoms with Gasteiger partial charge in [-0.25, -0.2) is 5.01 Å². The zero-order valence-electron chi connectivity index (χ0n) is 7.87. The summed E-state index contributed by atoms with van der Waals surface area (Å²) in [5, 5.41) is 4.04. The van der Waals surface area contributed by atoms with E-state index < -0.39 is 0 Å². The van der Waals surface area contributed by atoms with Crippen molar-refractivity contribution >= 4 is 5.91 Å². The van der Waals surface area contributed by atoms with Gasteiger partial charge in [-0.15, -0.1) is 0 Å². The smallest absolute Gasteiger partial charge is 0.262 e. The predicted molar refractivity (Wildman–Crippen MR) is 48.0 cm³/mol. The van der Waals surface area contributed by atoms with Crippen LogP contribution in [0.25, 0.3) is 0 Å². The lowest BCUT2D eigenvalue weighted by atomic mass is 10.2. The molecule has 13 heavy (non-hydrogen) atoms. The summed E-state index contributed by atoms with van der Waals surface area (Å²) in [6.45, 7) is 3.75. The van der Waals surface area contributed by atoms with E-state index in [9.17, 15) is 4.79 Å². The Labute approximate surface area is 78.4 Å². The lowest BCUT2D eigenvalue weighted by molar-refractivity contribution is -0.167. The summed E-state index contributed by atoms with van der Waals surface area (Å²) in [6, 6.07) is 0. The van der Waals surface area contributed by atoms with Crippen LogP contribution in [0.2, 0.25) is 0 Å². The minimum Gasteiger partial charge on any atom is -0.370 e. The number of rotatable bonds is 1. The van der Waals surface area contributed by atoms with E-state index in [1.54, 1.807) is 0 Å². The Balaban J connectivity index is 1.92. The van der Waals surface area contributed by atoms with Gasteiger partial charge < -0.3 is 4.74 Å². The summed E-state index contributed by atoms with van der Waals surface area (Å²) in [4.78, 5) is 11.5. The number of hydrogen-bond donors (Lipinski definition) is 0. The van der Waals surface area contributed by atoms with Crippen LogP contribution in [-0.2, 0) is 9.53 Å². The Morgan fingerprint density at radius 2 is 1.85 bits per heavy atom. The van der Waals surface area contributed by atoms with E-state index in [1.807, 2.05) is 5.01 Å². The highest BCUT2D eigenvalue weighted by molar-refractivity contribution is 5.77. The van der Waals surface area contributed by atoms with E-state index in [4.69, 9.17) is 4.74 Å². The van der Waals surface area contributed by atoms with Crippen LogP contribution in [0.1, 0.15) is 19.3 Å². The van der Waals surface area contributed by atoms with Gasteiger partial charge in [0.15, 0.2) is 0 Å². The molecular formula is C9H16N2O2. The molecule has 0 aromatic rings. The Morgan fingerprint density at radius 3 is 2.54 bits per heavy atom. The second-order valence-corrected chi connectivity index (χ2v) is 3.58. The number of amides is 1. The van der Waals surface area contributed by atoms with Gasteiger partial charge in [0.2, 0.25) is 0 Å². The van der Waals surface area contributed by atoms with E-state index in [2.05, 4.69) is 5.01 Å². The molecule has 2 heterocycles. The van der Waals surface area contributed by atoms with Crippen molar-refractivity contribution in [2.45, 2.75) is 19.3 Å². The van der Waals surface area contributed by atoms with Crippen molar-refractivity contribution < 1.29 is 9.53 Å². The van der Waals surface area contributed by atoms with Gasteiger partial charge in [-0.2, -0.15) is 0 Å². The maximum Gasteiger partial charge on any atom is 0.262 e. The van der Waals surface area contributed by atoms with E-state index in [0.29, 0.717) is 6.61 Å². The monoisotopic (exact) mass is 184 g/mol. The molecule has 0 saturated carbocycles. The molecule has 2 aliphatic heterocycles. The van der Waals surface area contributed by atoms with Crippen molar-refractivity contribution in [1.82, 2.24) is 10.0 Å². The van der Waals surface area contributed by atoms with Gasteiger partial charge in [0, 0.05) is 13.1 Å². The number of piperidine rings is 1. The van der Waals surface area contributed by atoms with Crippen molar-refractivity contribution in [3.05, 3.63) is 0 Å². The molecule has 0 spiro atoms. The molecule has 0 aromatic heterocycles. The fraction of sp³-hybridized carbons (Fsp3) is 0.889. The molecular weight excluding hydrogens is 168 g/mol. The van der Waals surface area contributed by atoms with Crippen LogP contribution in [0, 0.1) is 0 Å². The number of nitrogens with zero attached hydrogens (tertiary/aromatic N) is 2. The maximum atomic E-state index is 11.5. The van der Waals surface area contributed by atoms with Gasteiger partial charge in [-0.1, -0.05) is 6.42 Å². The molecule has 2 saturated heterocycles. The molecule has 4 heteroatoms. The molecule has 0 aromatic carbocycles. The second kappa shape index (κ2) is 4.07. The standard InChI is InChI=1S/C9H16N2O2/c12-9-8-13-7-6-11(9)10-4-2-1-3-5-10/h1-8H2. The van der Waals surface area contributed by atoms with Crippen molar-refractivity contribution in [3.63, 3.8) is 0 Å². The molecule has 0 atom stereocenters. The number of hydrazine groups is 1. The van der Waals surface area contributed by atoms with Crippen LogP contribution in [-0.4, -0.2) is 48.8 Å². The summed E-state index contributed by atoms with van der Waals surface area (Å²) >= 11 is 0. The normalized spacial score (nSPS) is 26.5. The van der Waals surface area contributed by atoms with Crippen molar-refractivity contribution in [2.24, 2.45) is 0 Å². The van der Waals surface area contributed by atoms with Crippen LogP contribution in [0.4, 0.5) is 0 Å². The number of carbonyl (C=O) groups is 1. The number of ether oxygens (including phenoxy) is 1. The van der Waals surface area contributed by atoms with Crippen LogP contribution in [0.3, 0.4) is 0 Å². The third-order valence-corrected chi connectivity index (χ3v) is 2.63. The summed E-state index contributed by atoms with van der Waals surface area (Å²) in [5.74, 6) is 0.119. The van der Waals surface area contributed by atoms with E-state index in [-0.39, 0.29) is 12.5 Å². The average molecular weight is 184 g/mol. The van der Waals surface area contributed by atoms with Crippen LogP contribution in [0.5, 0.6) is 0 Å². The van der Waals surface area contributed by atoms with Crippen LogP contribution in [0.15, 0.2) is 0 Å². The zero-order chi connectivity index (χ0) is 9.10. The largest absolute Gasteiger partial charge is 0.370 e. The van der Waals surface area contributed by atoms with E-state index in [1.165, 1.54) is 19.3 Å². The summed E-state index contributed by atoms with van der Waals surface area (Å²) in [5.41, 5.74) is 0. The van der Waals surface area contributed by atoms with Gasteiger partial charge >= 0.3 is 0 Å². The summed E-state index contributed by atoms with van der Waals surface area (Å²) in [6.07, 6.45) is 3.73.